The Kier molecular flexibility index (Phi) is 9.57. The monoisotopic (exact) mass is 610 g/mol. The number of carbonyl (C=O) groups excluding carboxylic acids is 1. The highest BCUT2D eigenvalue weighted by Crippen LogP contribution is 2.29. The van der Waals surface area contributed by atoms with Crippen LogP contribution in [0.25, 0.3) is 16.7 Å². The molecule has 1 aliphatic rings. The fourth-order valence-corrected chi connectivity index (χ4v) is 5.03. The summed E-state index contributed by atoms with van der Waals surface area (Å²) < 4.78 is 45.3. The third-order valence-corrected chi connectivity index (χ3v) is 7.49. The summed E-state index contributed by atoms with van der Waals surface area (Å²) in [5.41, 5.74) is 1.55. The zero-order valence-electron chi connectivity index (χ0n) is 24.2. The number of halogens is 3. The van der Waals surface area contributed by atoms with Gasteiger partial charge in [0.15, 0.2) is 5.65 Å². The molecule has 5 rings (SSSR count). The number of anilines is 1. The number of carbonyl (C=O) groups is 1. The number of benzene rings is 2. The SMILES string of the molecule is Cc1nc(N2CCN(CCOCCO)CC2)nc2c1ccc(=O)n2-c1ccc(C(=O)NCc2ccc(C(F)(F)F)cc2)cc1. The van der Waals surface area contributed by atoms with Gasteiger partial charge in [-0.3, -0.25) is 19.1 Å². The third kappa shape index (κ3) is 7.24. The van der Waals surface area contributed by atoms with Crippen molar-refractivity contribution in [3.8, 4) is 5.69 Å². The largest absolute Gasteiger partial charge is 0.416 e. The Labute approximate surface area is 251 Å². The molecule has 4 aromatic rings. The average Bonchev–Trinajstić information content (AvgIpc) is 3.02. The van der Waals surface area contributed by atoms with Crippen molar-refractivity contribution in [1.82, 2.24) is 24.8 Å². The zero-order chi connectivity index (χ0) is 31.3. The minimum atomic E-state index is -4.42. The number of aliphatic hydroxyl groups excluding tert-OH is 1. The van der Waals surface area contributed by atoms with Gasteiger partial charge in [0.25, 0.3) is 11.5 Å². The molecule has 0 unspecified atom stereocenters. The molecule has 232 valence electrons. The van der Waals surface area contributed by atoms with Crippen molar-refractivity contribution >= 4 is 22.9 Å². The van der Waals surface area contributed by atoms with Gasteiger partial charge in [-0.15, -0.1) is 0 Å². The molecule has 1 aliphatic heterocycles. The van der Waals surface area contributed by atoms with Crippen LogP contribution in [-0.4, -0.2) is 83.0 Å². The van der Waals surface area contributed by atoms with Crippen molar-refractivity contribution in [3.63, 3.8) is 0 Å². The molecule has 2 aromatic heterocycles. The molecule has 0 spiro atoms. The van der Waals surface area contributed by atoms with Gasteiger partial charge in [0.1, 0.15) is 0 Å². The Balaban J connectivity index is 1.30. The van der Waals surface area contributed by atoms with E-state index in [1.807, 2.05) is 6.92 Å². The molecule has 1 fully saturated rings. The zero-order valence-corrected chi connectivity index (χ0v) is 24.2. The smallest absolute Gasteiger partial charge is 0.394 e. The van der Waals surface area contributed by atoms with Crippen LogP contribution in [0, 0.1) is 6.92 Å². The summed E-state index contributed by atoms with van der Waals surface area (Å²) in [7, 11) is 0. The second kappa shape index (κ2) is 13.5. The number of pyridine rings is 1. The van der Waals surface area contributed by atoms with Gasteiger partial charge < -0.3 is 20.1 Å². The van der Waals surface area contributed by atoms with Crippen molar-refractivity contribution in [3.05, 3.63) is 93.4 Å². The average molecular weight is 611 g/mol. The normalized spacial score (nSPS) is 14.2. The lowest BCUT2D eigenvalue weighted by atomic mass is 10.1. The van der Waals surface area contributed by atoms with Crippen LogP contribution < -0.4 is 15.8 Å². The quantitative estimate of drug-likeness (QED) is 0.264. The number of alkyl halides is 3. The molecule has 0 atom stereocenters. The lowest BCUT2D eigenvalue weighted by Gasteiger charge is -2.34. The lowest BCUT2D eigenvalue weighted by molar-refractivity contribution is -0.137. The van der Waals surface area contributed by atoms with Gasteiger partial charge in [0, 0.05) is 56.3 Å². The molecule has 0 bridgehead atoms. The highest BCUT2D eigenvalue weighted by molar-refractivity contribution is 5.94. The van der Waals surface area contributed by atoms with Gasteiger partial charge in [-0.2, -0.15) is 18.2 Å². The lowest BCUT2D eigenvalue weighted by Crippen LogP contribution is -2.48. The van der Waals surface area contributed by atoms with E-state index >= 15 is 0 Å². The van der Waals surface area contributed by atoms with Crippen LogP contribution >= 0.6 is 0 Å². The number of aromatic nitrogens is 3. The second-order valence-corrected chi connectivity index (χ2v) is 10.4. The standard InChI is InChI=1S/C31H33F3N6O4/c1-21-26-10-11-27(42)40(28(26)37-30(36-21)39-14-12-38(13-15-39)16-18-44-19-17-41)25-8-4-23(5-9-25)29(43)35-20-22-2-6-24(7-3-22)31(32,33)34/h2-11,41H,12-20H2,1H3,(H,35,43). The van der Waals surface area contributed by atoms with Crippen LogP contribution in [0.15, 0.2) is 65.5 Å². The summed E-state index contributed by atoms with van der Waals surface area (Å²) in [6.07, 6.45) is -4.42. The van der Waals surface area contributed by atoms with Gasteiger partial charge in [-0.25, -0.2) is 4.98 Å². The number of hydrogen-bond donors (Lipinski definition) is 2. The van der Waals surface area contributed by atoms with E-state index in [0.717, 1.165) is 42.8 Å². The fraction of sp³-hybridized carbons (Fsp3) is 0.355. The Morgan fingerprint density at radius 1 is 0.955 bits per heavy atom. The van der Waals surface area contributed by atoms with Gasteiger partial charge in [-0.05, 0) is 55.0 Å². The van der Waals surface area contributed by atoms with Crippen LogP contribution in [-0.2, 0) is 17.5 Å². The van der Waals surface area contributed by atoms with Gasteiger partial charge in [0.2, 0.25) is 5.95 Å². The predicted molar refractivity (Wildman–Crippen MR) is 159 cm³/mol. The van der Waals surface area contributed by atoms with Gasteiger partial charge >= 0.3 is 6.18 Å². The molecule has 1 saturated heterocycles. The fourth-order valence-electron chi connectivity index (χ4n) is 5.03. The van der Waals surface area contributed by atoms with E-state index < -0.39 is 17.6 Å². The molecule has 2 N–H and O–H groups in total. The number of ether oxygens (including phenoxy) is 1. The topological polar surface area (TPSA) is 113 Å². The van der Waals surface area contributed by atoms with Crippen LogP contribution in [0.3, 0.4) is 0 Å². The molecule has 0 saturated carbocycles. The number of nitrogens with one attached hydrogen (secondary N) is 1. The van der Waals surface area contributed by atoms with E-state index in [9.17, 15) is 22.8 Å². The van der Waals surface area contributed by atoms with Gasteiger partial charge in [-0.1, -0.05) is 12.1 Å². The molecule has 13 heteroatoms. The van der Waals surface area contributed by atoms with E-state index in [4.69, 9.17) is 19.8 Å². The number of fused-ring (bicyclic) bond motifs is 1. The number of nitrogens with zero attached hydrogens (tertiary/aromatic N) is 5. The van der Waals surface area contributed by atoms with Crippen molar-refractivity contribution in [2.75, 3.05) is 57.4 Å². The van der Waals surface area contributed by atoms with E-state index in [1.165, 1.54) is 22.8 Å². The summed E-state index contributed by atoms with van der Waals surface area (Å²) >= 11 is 0. The first-order valence-electron chi connectivity index (χ1n) is 14.2. The molecule has 10 nitrogen and oxygen atoms in total. The van der Waals surface area contributed by atoms with E-state index in [-0.39, 0.29) is 18.7 Å². The number of piperazine rings is 1. The minimum absolute atomic E-state index is 0.00560. The van der Waals surface area contributed by atoms with Crippen molar-refractivity contribution < 1.29 is 27.8 Å². The maximum Gasteiger partial charge on any atom is 0.416 e. The first-order chi connectivity index (χ1) is 21.1. The second-order valence-electron chi connectivity index (χ2n) is 10.4. The Morgan fingerprint density at radius 2 is 1.66 bits per heavy atom. The number of aryl methyl sites for hydroxylation is 1. The molecule has 44 heavy (non-hydrogen) atoms. The molecule has 0 aliphatic carbocycles. The van der Waals surface area contributed by atoms with Crippen molar-refractivity contribution in [2.24, 2.45) is 0 Å². The van der Waals surface area contributed by atoms with E-state index in [0.29, 0.717) is 54.7 Å². The third-order valence-electron chi connectivity index (χ3n) is 7.49. The molecule has 3 heterocycles. The maximum absolute atomic E-state index is 13.1. The summed E-state index contributed by atoms with van der Waals surface area (Å²) in [5, 5.41) is 12.3. The Bertz CT molecular complexity index is 1650. The first-order valence-corrected chi connectivity index (χ1v) is 14.2. The van der Waals surface area contributed by atoms with E-state index in [2.05, 4.69) is 15.1 Å². The summed E-state index contributed by atoms with van der Waals surface area (Å²) in [6, 6.07) is 14.3. The molecule has 0 radical (unpaired) electrons. The maximum atomic E-state index is 13.1. The van der Waals surface area contributed by atoms with Crippen LogP contribution in [0.2, 0.25) is 0 Å². The summed E-state index contributed by atoms with van der Waals surface area (Å²) in [5.74, 6) is 0.131. The summed E-state index contributed by atoms with van der Waals surface area (Å²) in [4.78, 5) is 39.7. The number of aliphatic hydroxyl groups is 1. The molecule has 1 amide bonds. The Morgan fingerprint density at radius 3 is 2.32 bits per heavy atom. The molecular weight excluding hydrogens is 577 g/mol. The molecular formula is C31H33F3N6O4. The molecule has 2 aromatic carbocycles. The summed E-state index contributed by atoms with van der Waals surface area (Å²) in [6.45, 7) is 6.61. The first kappa shape index (κ1) is 31.1. The van der Waals surface area contributed by atoms with Gasteiger partial charge in [0.05, 0.1) is 36.8 Å². The highest BCUT2D eigenvalue weighted by atomic mass is 19.4. The Hall–Kier alpha value is -4.33. The van der Waals surface area contributed by atoms with E-state index in [1.54, 1.807) is 30.3 Å². The predicted octanol–water partition coefficient (Wildman–Crippen LogP) is 3.17. The van der Waals surface area contributed by atoms with Crippen LogP contribution in [0.4, 0.5) is 19.1 Å². The number of amides is 1. The van der Waals surface area contributed by atoms with Crippen molar-refractivity contribution in [1.29, 1.82) is 0 Å². The number of hydrogen-bond acceptors (Lipinski definition) is 8. The number of rotatable bonds is 10. The minimum Gasteiger partial charge on any atom is -0.394 e. The van der Waals surface area contributed by atoms with Crippen molar-refractivity contribution in [2.45, 2.75) is 19.6 Å². The van der Waals surface area contributed by atoms with Crippen LogP contribution in [0.5, 0.6) is 0 Å². The highest BCUT2D eigenvalue weighted by Gasteiger charge is 2.30. The van der Waals surface area contributed by atoms with Crippen LogP contribution in [0.1, 0.15) is 27.2 Å².